The zero-order valence-electron chi connectivity index (χ0n) is 14.1. The molecule has 0 unspecified atom stereocenters. The Morgan fingerprint density at radius 2 is 1.79 bits per heavy atom. The predicted octanol–water partition coefficient (Wildman–Crippen LogP) is 5.05. The van der Waals surface area contributed by atoms with Gasteiger partial charge >= 0.3 is 0 Å². The van der Waals surface area contributed by atoms with Crippen molar-refractivity contribution in [3.8, 4) is 0 Å². The standard InChI is InChI=1S/C18H33N/c1-8-9-10-11-17-15(3)12-14(2)16(4)18(17,5)13-19(6)7/h12,17H,8-11,13H2,1-7H3/t17-,18+/m1/s1. The molecule has 1 nitrogen and oxygen atoms in total. The molecule has 1 rings (SSSR count). The second kappa shape index (κ2) is 6.74. The van der Waals surface area contributed by atoms with Crippen LogP contribution in [0.1, 0.15) is 60.3 Å². The zero-order chi connectivity index (χ0) is 14.6. The van der Waals surface area contributed by atoms with Crippen molar-refractivity contribution in [3.63, 3.8) is 0 Å². The lowest BCUT2D eigenvalue weighted by Crippen LogP contribution is -2.41. The molecule has 0 saturated carbocycles. The molecule has 0 saturated heterocycles. The first-order valence-electron chi connectivity index (χ1n) is 7.83. The van der Waals surface area contributed by atoms with Crippen LogP contribution in [0.15, 0.2) is 22.8 Å². The number of hydrogen-bond donors (Lipinski definition) is 0. The first-order valence-corrected chi connectivity index (χ1v) is 7.83. The van der Waals surface area contributed by atoms with Gasteiger partial charge in [0, 0.05) is 12.0 Å². The van der Waals surface area contributed by atoms with E-state index in [2.05, 4.69) is 59.7 Å². The molecule has 110 valence electrons. The van der Waals surface area contributed by atoms with Gasteiger partial charge in [-0.3, -0.25) is 0 Å². The Morgan fingerprint density at radius 3 is 2.32 bits per heavy atom. The maximum absolute atomic E-state index is 2.47. The minimum absolute atomic E-state index is 0.306. The summed E-state index contributed by atoms with van der Waals surface area (Å²) in [5.74, 6) is 0.713. The summed E-state index contributed by atoms with van der Waals surface area (Å²) < 4.78 is 0. The van der Waals surface area contributed by atoms with Gasteiger partial charge < -0.3 is 4.90 Å². The van der Waals surface area contributed by atoms with Crippen molar-refractivity contribution >= 4 is 0 Å². The molecule has 0 amide bonds. The fourth-order valence-corrected chi connectivity index (χ4v) is 3.80. The average molecular weight is 263 g/mol. The van der Waals surface area contributed by atoms with E-state index in [1.807, 2.05) is 0 Å². The third-order valence-electron chi connectivity index (χ3n) is 4.95. The molecule has 1 heteroatoms. The van der Waals surface area contributed by atoms with E-state index in [-0.39, 0.29) is 0 Å². The summed E-state index contributed by atoms with van der Waals surface area (Å²) in [7, 11) is 4.40. The number of nitrogens with zero attached hydrogens (tertiary/aromatic N) is 1. The van der Waals surface area contributed by atoms with Gasteiger partial charge in [0.25, 0.3) is 0 Å². The maximum Gasteiger partial charge on any atom is 0.00790 e. The Labute approximate surface area is 120 Å². The molecule has 0 spiro atoms. The van der Waals surface area contributed by atoms with Crippen LogP contribution in [-0.2, 0) is 0 Å². The Kier molecular flexibility index (Phi) is 5.85. The lowest BCUT2D eigenvalue weighted by molar-refractivity contribution is 0.178. The SMILES string of the molecule is CCCCC[C@@H]1C(C)=CC(C)=C(C)[C@]1(C)CN(C)C. The van der Waals surface area contributed by atoms with Crippen molar-refractivity contribution in [2.45, 2.75) is 60.3 Å². The first-order chi connectivity index (χ1) is 8.82. The van der Waals surface area contributed by atoms with Crippen LogP contribution >= 0.6 is 0 Å². The van der Waals surface area contributed by atoms with Crippen molar-refractivity contribution in [1.29, 1.82) is 0 Å². The van der Waals surface area contributed by atoms with E-state index in [4.69, 9.17) is 0 Å². The lowest BCUT2D eigenvalue weighted by Gasteiger charge is -2.45. The molecule has 19 heavy (non-hydrogen) atoms. The molecule has 0 bridgehead atoms. The summed E-state index contributed by atoms with van der Waals surface area (Å²) in [5, 5.41) is 0. The van der Waals surface area contributed by atoms with Gasteiger partial charge in [-0.05, 0) is 47.2 Å². The summed E-state index contributed by atoms with van der Waals surface area (Å²) >= 11 is 0. The van der Waals surface area contributed by atoms with E-state index >= 15 is 0 Å². The fraction of sp³-hybridized carbons (Fsp3) is 0.778. The molecule has 0 radical (unpaired) electrons. The molecule has 1 aliphatic rings. The molecule has 1 aliphatic carbocycles. The Bertz CT molecular complexity index is 362. The molecule has 0 N–H and O–H groups in total. The van der Waals surface area contributed by atoms with Gasteiger partial charge in [0.15, 0.2) is 0 Å². The molecule has 0 aromatic carbocycles. The lowest BCUT2D eigenvalue weighted by atomic mass is 9.63. The van der Waals surface area contributed by atoms with Gasteiger partial charge in [-0.2, -0.15) is 0 Å². The van der Waals surface area contributed by atoms with E-state index in [9.17, 15) is 0 Å². The summed E-state index contributed by atoms with van der Waals surface area (Å²) in [6.07, 6.45) is 7.80. The highest BCUT2D eigenvalue weighted by atomic mass is 15.1. The number of rotatable bonds is 6. The third kappa shape index (κ3) is 3.72. The normalized spacial score (nSPS) is 28.0. The van der Waals surface area contributed by atoms with E-state index in [1.165, 1.54) is 31.3 Å². The minimum atomic E-state index is 0.306. The quantitative estimate of drug-likeness (QED) is 0.606. The van der Waals surface area contributed by atoms with Gasteiger partial charge in [0.1, 0.15) is 0 Å². The van der Waals surface area contributed by atoms with Crippen LogP contribution in [0.25, 0.3) is 0 Å². The molecule has 0 aromatic rings. The van der Waals surface area contributed by atoms with Gasteiger partial charge in [-0.25, -0.2) is 0 Å². The zero-order valence-corrected chi connectivity index (χ0v) is 14.1. The summed E-state index contributed by atoms with van der Waals surface area (Å²) in [6.45, 7) is 12.9. The maximum atomic E-state index is 2.47. The largest absolute Gasteiger partial charge is 0.309 e. The molecular weight excluding hydrogens is 230 g/mol. The summed E-state index contributed by atoms with van der Waals surface area (Å²) in [6, 6.07) is 0. The highest BCUT2D eigenvalue weighted by molar-refractivity contribution is 5.38. The van der Waals surface area contributed by atoms with Crippen molar-refractivity contribution in [2.24, 2.45) is 11.3 Å². The van der Waals surface area contributed by atoms with E-state index in [0.29, 0.717) is 11.3 Å². The molecule has 2 atom stereocenters. The molecule has 0 aromatic heterocycles. The summed E-state index contributed by atoms with van der Waals surface area (Å²) in [5.41, 5.74) is 4.96. The topological polar surface area (TPSA) is 3.24 Å². The predicted molar refractivity (Wildman–Crippen MR) is 86.4 cm³/mol. The smallest absolute Gasteiger partial charge is 0.00790 e. The summed E-state index contributed by atoms with van der Waals surface area (Å²) in [4.78, 5) is 2.35. The van der Waals surface area contributed by atoms with Crippen LogP contribution in [0.2, 0.25) is 0 Å². The van der Waals surface area contributed by atoms with Crippen molar-refractivity contribution in [2.75, 3.05) is 20.6 Å². The average Bonchev–Trinajstić information content (AvgIpc) is 2.30. The van der Waals surface area contributed by atoms with Crippen LogP contribution in [0.5, 0.6) is 0 Å². The van der Waals surface area contributed by atoms with Crippen molar-refractivity contribution in [1.82, 2.24) is 4.90 Å². The molecule has 0 fully saturated rings. The van der Waals surface area contributed by atoms with Crippen LogP contribution < -0.4 is 0 Å². The Morgan fingerprint density at radius 1 is 1.16 bits per heavy atom. The monoisotopic (exact) mass is 263 g/mol. The first kappa shape index (κ1) is 16.5. The van der Waals surface area contributed by atoms with Crippen LogP contribution in [0.4, 0.5) is 0 Å². The highest BCUT2D eigenvalue weighted by Gasteiger charge is 2.39. The molecular formula is C18H33N. The minimum Gasteiger partial charge on any atom is -0.309 e. The number of hydrogen-bond acceptors (Lipinski definition) is 1. The fourth-order valence-electron chi connectivity index (χ4n) is 3.80. The number of unbranched alkanes of at least 4 members (excludes halogenated alkanes) is 2. The van der Waals surface area contributed by atoms with Crippen LogP contribution in [-0.4, -0.2) is 25.5 Å². The Balaban J connectivity index is 3.00. The molecule has 0 heterocycles. The third-order valence-corrected chi connectivity index (χ3v) is 4.95. The number of allylic oxidation sites excluding steroid dienone is 3. The van der Waals surface area contributed by atoms with Gasteiger partial charge in [-0.15, -0.1) is 0 Å². The van der Waals surface area contributed by atoms with Crippen LogP contribution in [0.3, 0.4) is 0 Å². The van der Waals surface area contributed by atoms with Crippen molar-refractivity contribution in [3.05, 3.63) is 22.8 Å². The van der Waals surface area contributed by atoms with Gasteiger partial charge in [0.05, 0.1) is 0 Å². The second-order valence-electron chi connectivity index (χ2n) is 6.90. The van der Waals surface area contributed by atoms with E-state index in [0.717, 1.165) is 6.54 Å². The van der Waals surface area contributed by atoms with E-state index < -0.39 is 0 Å². The van der Waals surface area contributed by atoms with Crippen molar-refractivity contribution < 1.29 is 0 Å². The van der Waals surface area contributed by atoms with Gasteiger partial charge in [0.2, 0.25) is 0 Å². The highest BCUT2D eigenvalue weighted by Crippen LogP contribution is 2.47. The van der Waals surface area contributed by atoms with E-state index in [1.54, 1.807) is 11.1 Å². The Hall–Kier alpha value is -0.560. The van der Waals surface area contributed by atoms with Gasteiger partial charge in [-0.1, -0.05) is 55.9 Å². The molecule has 0 aliphatic heterocycles. The van der Waals surface area contributed by atoms with Crippen LogP contribution in [0, 0.1) is 11.3 Å². The second-order valence-corrected chi connectivity index (χ2v) is 6.90.